The minimum absolute atomic E-state index is 0.0925. The van der Waals surface area contributed by atoms with Crippen LogP contribution in [0.4, 0.5) is 14.5 Å². The molecule has 1 rings (SSSR count). The third kappa shape index (κ3) is 3.36. The molecule has 0 unspecified atom stereocenters. The Hall–Kier alpha value is -1.36. The molecule has 0 fully saturated rings. The Morgan fingerprint density at radius 3 is 2.73 bits per heavy atom. The van der Waals surface area contributed by atoms with Crippen LogP contribution in [0.5, 0.6) is 0 Å². The predicted octanol–water partition coefficient (Wildman–Crippen LogP) is 2.34. The number of hydrogen-bond donors (Lipinski definition) is 1. The Labute approximate surface area is 89.8 Å². The maximum absolute atomic E-state index is 11.7. The van der Waals surface area contributed by atoms with E-state index in [1.54, 1.807) is 0 Å². The quantitative estimate of drug-likeness (QED) is 0.646. The summed E-state index contributed by atoms with van der Waals surface area (Å²) >= 11 is 5.64. The fourth-order valence-corrected chi connectivity index (χ4v) is 1.06. The molecule has 0 aliphatic rings. The Morgan fingerprint density at radius 1 is 1.53 bits per heavy atom. The molecule has 1 aromatic carbocycles. The lowest BCUT2D eigenvalue weighted by Gasteiger charge is -2.05. The Morgan fingerprint density at radius 2 is 2.20 bits per heavy atom. The van der Waals surface area contributed by atoms with Gasteiger partial charge in [-0.3, -0.25) is 0 Å². The maximum Gasteiger partial charge on any atom is 0.338 e. The maximum atomic E-state index is 11.7. The minimum Gasteiger partial charge on any atom is -0.456 e. The van der Waals surface area contributed by atoms with Crippen LogP contribution in [-0.2, 0) is 4.74 Å². The van der Waals surface area contributed by atoms with Crippen LogP contribution in [0.1, 0.15) is 10.4 Å². The van der Waals surface area contributed by atoms with Gasteiger partial charge in [-0.05, 0) is 18.2 Å². The number of nitrogens with two attached hydrogens (primary N) is 1. The first-order valence-electron chi connectivity index (χ1n) is 4.01. The lowest BCUT2D eigenvalue weighted by molar-refractivity contribution is 0.0160. The van der Waals surface area contributed by atoms with Gasteiger partial charge in [0.25, 0.3) is 6.43 Å². The summed E-state index contributed by atoms with van der Waals surface area (Å²) in [6, 6.07) is 4.03. The molecular weight excluding hydrogens is 228 g/mol. The zero-order valence-electron chi connectivity index (χ0n) is 7.54. The van der Waals surface area contributed by atoms with E-state index in [1.165, 1.54) is 18.2 Å². The van der Waals surface area contributed by atoms with Crippen LogP contribution in [0.25, 0.3) is 0 Å². The topological polar surface area (TPSA) is 52.3 Å². The van der Waals surface area contributed by atoms with Crippen molar-refractivity contribution < 1.29 is 18.3 Å². The van der Waals surface area contributed by atoms with Crippen molar-refractivity contribution in [2.24, 2.45) is 0 Å². The number of esters is 1. The molecule has 82 valence electrons. The first kappa shape index (κ1) is 11.7. The van der Waals surface area contributed by atoms with E-state index in [0.717, 1.165) is 0 Å². The predicted molar refractivity (Wildman–Crippen MR) is 52.2 cm³/mol. The van der Waals surface area contributed by atoms with Gasteiger partial charge in [0.2, 0.25) is 0 Å². The first-order valence-corrected chi connectivity index (χ1v) is 4.39. The van der Waals surface area contributed by atoms with Gasteiger partial charge in [0.05, 0.1) is 16.3 Å². The molecule has 2 N–H and O–H groups in total. The van der Waals surface area contributed by atoms with E-state index in [9.17, 15) is 13.6 Å². The van der Waals surface area contributed by atoms with Crippen molar-refractivity contribution in [2.75, 3.05) is 12.3 Å². The van der Waals surface area contributed by atoms with Gasteiger partial charge in [0.1, 0.15) is 0 Å². The van der Waals surface area contributed by atoms with Gasteiger partial charge < -0.3 is 10.5 Å². The van der Waals surface area contributed by atoms with Crippen LogP contribution in [-0.4, -0.2) is 19.0 Å². The highest BCUT2D eigenvalue weighted by Crippen LogP contribution is 2.20. The van der Waals surface area contributed by atoms with Crippen molar-refractivity contribution in [3.63, 3.8) is 0 Å². The minimum atomic E-state index is -2.68. The molecule has 0 saturated heterocycles. The average Bonchev–Trinajstić information content (AvgIpc) is 2.18. The number of rotatable bonds is 3. The van der Waals surface area contributed by atoms with Crippen molar-refractivity contribution in [2.45, 2.75) is 6.43 Å². The second kappa shape index (κ2) is 4.93. The number of carbonyl (C=O) groups is 1. The molecule has 3 nitrogen and oxygen atoms in total. The summed E-state index contributed by atoms with van der Waals surface area (Å²) in [4.78, 5) is 11.2. The summed E-state index contributed by atoms with van der Waals surface area (Å²) in [5.41, 5.74) is 5.81. The summed E-state index contributed by atoms with van der Waals surface area (Å²) in [6.45, 7) is -0.930. The summed E-state index contributed by atoms with van der Waals surface area (Å²) in [5.74, 6) is -0.850. The standard InChI is InChI=1S/C9H8ClF2NO2/c10-6-3-5(1-2-7(6)13)9(14)15-4-8(11)12/h1-3,8H,4,13H2. The number of benzene rings is 1. The number of carbonyl (C=O) groups excluding carboxylic acids is 1. The fraction of sp³-hybridized carbons (Fsp3) is 0.222. The number of nitrogen functional groups attached to an aromatic ring is 1. The molecule has 15 heavy (non-hydrogen) atoms. The van der Waals surface area contributed by atoms with Crippen molar-refractivity contribution >= 4 is 23.3 Å². The Kier molecular flexibility index (Phi) is 3.85. The molecule has 0 aliphatic carbocycles. The monoisotopic (exact) mass is 235 g/mol. The second-order valence-corrected chi connectivity index (χ2v) is 3.13. The van der Waals surface area contributed by atoms with E-state index >= 15 is 0 Å². The molecule has 0 aliphatic heterocycles. The molecule has 6 heteroatoms. The van der Waals surface area contributed by atoms with Gasteiger partial charge in [0, 0.05) is 0 Å². The van der Waals surface area contributed by atoms with Gasteiger partial charge in [-0.1, -0.05) is 11.6 Å². The first-order chi connectivity index (χ1) is 7.00. The van der Waals surface area contributed by atoms with E-state index < -0.39 is 19.0 Å². The smallest absolute Gasteiger partial charge is 0.338 e. The number of hydrogen-bond acceptors (Lipinski definition) is 3. The van der Waals surface area contributed by atoms with Crippen LogP contribution in [0, 0.1) is 0 Å². The van der Waals surface area contributed by atoms with Crippen molar-refractivity contribution in [3.8, 4) is 0 Å². The highest BCUT2D eigenvalue weighted by Gasteiger charge is 2.11. The molecule has 0 amide bonds. The van der Waals surface area contributed by atoms with Gasteiger partial charge in [-0.2, -0.15) is 0 Å². The molecule has 0 heterocycles. The SMILES string of the molecule is Nc1ccc(C(=O)OCC(F)F)cc1Cl. The average molecular weight is 236 g/mol. The highest BCUT2D eigenvalue weighted by molar-refractivity contribution is 6.33. The Balaban J connectivity index is 2.70. The molecule has 0 saturated carbocycles. The molecule has 0 radical (unpaired) electrons. The highest BCUT2D eigenvalue weighted by atomic mass is 35.5. The lowest BCUT2D eigenvalue weighted by atomic mass is 10.2. The molecule has 0 spiro atoms. The van der Waals surface area contributed by atoms with E-state index in [-0.39, 0.29) is 10.6 Å². The van der Waals surface area contributed by atoms with Gasteiger partial charge in [-0.25, -0.2) is 13.6 Å². The third-order valence-electron chi connectivity index (χ3n) is 1.58. The largest absolute Gasteiger partial charge is 0.456 e. The molecule has 0 atom stereocenters. The molecular formula is C9H8ClF2NO2. The van der Waals surface area contributed by atoms with Crippen LogP contribution in [0.2, 0.25) is 5.02 Å². The van der Waals surface area contributed by atoms with Crippen molar-refractivity contribution in [3.05, 3.63) is 28.8 Å². The molecule has 0 aromatic heterocycles. The normalized spacial score (nSPS) is 10.4. The van der Waals surface area contributed by atoms with Crippen LogP contribution < -0.4 is 5.73 Å². The van der Waals surface area contributed by atoms with Crippen molar-refractivity contribution in [1.29, 1.82) is 0 Å². The summed E-state index contributed by atoms with van der Waals surface area (Å²) in [5, 5.41) is 0.182. The Bertz CT molecular complexity index is 371. The van der Waals surface area contributed by atoms with E-state index in [1.807, 2.05) is 0 Å². The summed E-state index contributed by atoms with van der Waals surface area (Å²) in [6.07, 6.45) is -2.68. The number of ether oxygens (including phenoxy) is 1. The molecule has 1 aromatic rings. The fourth-order valence-electron chi connectivity index (χ4n) is 0.876. The zero-order chi connectivity index (χ0) is 11.4. The third-order valence-corrected chi connectivity index (χ3v) is 1.90. The van der Waals surface area contributed by atoms with E-state index in [4.69, 9.17) is 17.3 Å². The van der Waals surface area contributed by atoms with E-state index in [2.05, 4.69) is 4.74 Å². The summed E-state index contributed by atoms with van der Waals surface area (Å²) < 4.78 is 27.8. The summed E-state index contributed by atoms with van der Waals surface area (Å²) in [7, 11) is 0. The van der Waals surface area contributed by atoms with Gasteiger partial charge in [-0.15, -0.1) is 0 Å². The second-order valence-electron chi connectivity index (χ2n) is 2.73. The molecule has 0 bridgehead atoms. The zero-order valence-corrected chi connectivity index (χ0v) is 8.30. The number of halogens is 3. The lowest BCUT2D eigenvalue weighted by Crippen LogP contribution is -2.11. The van der Waals surface area contributed by atoms with E-state index in [0.29, 0.717) is 5.69 Å². The van der Waals surface area contributed by atoms with Gasteiger partial charge >= 0.3 is 5.97 Å². The number of anilines is 1. The van der Waals surface area contributed by atoms with Crippen molar-refractivity contribution in [1.82, 2.24) is 0 Å². The van der Waals surface area contributed by atoms with Crippen LogP contribution in [0.3, 0.4) is 0 Å². The van der Waals surface area contributed by atoms with Gasteiger partial charge in [0.15, 0.2) is 6.61 Å². The van der Waals surface area contributed by atoms with Crippen LogP contribution >= 0.6 is 11.6 Å². The van der Waals surface area contributed by atoms with Crippen LogP contribution in [0.15, 0.2) is 18.2 Å². The number of alkyl halides is 2.